The van der Waals surface area contributed by atoms with Crippen molar-refractivity contribution in [3.8, 4) is 11.1 Å². The molecule has 13 rings (SSSR count). The molecule has 3 spiro atoms. The smallest absolute Gasteiger partial charge is 0.410 e. The minimum Gasteiger partial charge on any atom is -0.444 e. The molecule has 2 amide bonds. The summed E-state index contributed by atoms with van der Waals surface area (Å²) in [5.41, 5.74) is 11.2. The molecule has 3 fully saturated rings. The molecule has 0 unspecified atom stereocenters. The van der Waals surface area contributed by atoms with Gasteiger partial charge in [-0.15, -0.1) is 0 Å². The number of nitrogens with one attached hydrogen (secondary N) is 4. The average molecular weight is 1340 g/mol. The van der Waals surface area contributed by atoms with Crippen molar-refractivity contribution in [2.75, 3.05) is 74.9 Å². The van der Waals surface area contributed by atoms with Gasteiger partial charge in [-0.1, -0.05) is 212 Å². The third-order valence-electron chi connectivity index (χ3n) is 18.7. The number of hydrogen-bond acceptors (Lipinski definition) is 8. The lowest BCUT2D eigenvalue weighted by Gasteiger charge is -2.43. The second-order valence-electron chi connectivity index (χ2n) is 29.3. The van der Waals surface area contributed by atoms with E-state index in [9.17, 15) is 9.59 Å². The first-order valence-electron chi connectivity index (χ1n) is 35.2. The third kappa shape index (κ3) is 17.9. The number of carbonyl (C=O) groups is 2. The summed E-state index contributed by atoms with van der Waals surface area (Å²) >= 11 is 6.07. The van der Waals surface area contributed by atoms with Crippen LogP contribution in [0.1, 0.15) is 180 Å². The maximum Gasteiger partial charge on any atom is 0.410 e. The van der Waals surface area contributed by atoms with Gasteiger partial charge in [-0.2, -0.15) is 0 Å². The van der Waals surface area contributed by atoms with Crippen LogP contribution in [0.5, 0.6) is 0 Å². The molecule has 96 heavy (non-hydrogen) atoms. The number of benzene rings is 7. The van der Waals surface area contributed by atoms with E-state index >= 15 is 0 Å². The summed E-state index contributed by atoms with van der Waals surface area (Å²) in [6, 6.07) is 47.2. The summed E-state index contributed by atoms with van der Waals surface area (Å²) in [6.45, 7) is 59.9. The van der Waals surface area contributed by atoms with Crippen LogP contribution in [0.15, 0.2) is 133 Å². The molecular weight excluding hydrogens is 1230 g/mol. The van der Waals surface area contributed by atoms with Gasteiger partial charge in [0.2, 0.25) is 0 Å². The molecular formula is C82H110ClN8O4P. The molecule has 4 N–H and O–H groups in total. The van der Waals surface area contributed by atoms with Crippen molar-refractivity contribution in [2.24, 2.45) is 0 Å². The standard InChI is InChI=1S/C28H31P.C18H23N3O2.C17H23ClN2O2.C13H15N3.3C2H6/c1-27(2,3)29(28(4,5)6)25-19-18-21-13-8-10-16-23(21)26(25)24-17-11-14-20-12-7-9-15-22(20)24;1-17(2,3)23-16(22)21-9-7-18(8-10-21)12-20-15-11-13(19-4)5-6-14(15)18;1-16(2,3)22-15(21)20-8-6-17(7-9-20)11-19-14-10-12(18)4-5-13(14)17;1-14-10-2-3-11-12(8-10)16-9-13(11)4-6-15-7-5-13;3*1-2/h7-19H,1-6H3;5-6,11,20H,7-10,12H2,1-3H3;4-5,10,19H,6-9,11H2,1-3H3;2-3,8,15-16H,4-7,9H2;3*1-2H3. The Balaban J connectivity index is 0.000000179. The maximum absolute atomic E-state index is 12.2. The van der Waals surface area contributed by atoms with Crippen LogP contribution in [0, 0.1) is 13.1 Å². The molecule has 3 saturated heterocycles. The Morgan fingerprint density at radius 2 is 0.865 bits per heavy atom. The number of carbonyl (C=O) groups excluding carboxylic acids is 2. The van der Waals surface area contributed by atoms with Crippen LogP contribution < -0.4 is 26.6 Å². The van der Waals surface area contributed by atoms with Gasteiger partial charge >= 0.3 is 12.2 Å². The van der Waals surface area contributed by atoms with Crippen LogP contribution in [-0.2, 0) is 25.7 Å². The van der Waals surface area contributed by atoms with Crippen molar-refractivity contribution in [1.29, 1.82) is 0 Å². The second-order valence-corrected chi connectivity index (χ2v) is 33.6. The number of halogens is 1. The highest BCUT2D eigenvalue weighted by Gasteiger charge is 2.45. The van der Waals surface area contributed by atoms with E-state index in [1.54, 1.807) is 0 Å². The van der Waals surface area contributed by atoms with Gasteiger partial charge in [-0.3, -0.25) is 0 Å². The van der Waals surface area contributed by atoms with Crippen molar-refractivity contribution in [1.82, 2.24) is 15.1 Å². The first kappa shape index (κ1) is 76.0. The van der Waals surface area contributed by atoms with E-state index in [-0.39, 0.29) is 33.3 Å². The van der Waals surface area contributed by atoms with Crippen molar-refractivity contribution in [3.05, 3.63) is 178 Å². The van der Waals surface area contributed by atoms with Gasteiger partial charge in [-0.25, -0.2) is 19.3 Å². The van der Waals surface area contributed by atoms with Crippen LogP contribution in [-0.4, -0.2) is 102 Å². The molecule has 7 aromatic carbocycles. The molecule has 0 radical (unpaired) electrons. The molecule has 6 aliphatic rings. The molecule has 0 bridgehead atoms. The molecule has 0 saturated carbocycles. The van der Waals surface area contributed by atoms with Gasteiger partial charge in [-0.05, 0) is 182 Å². The zero-order valence-corrected chi connectivity index (χ0v) is 62.7. The van der Waals surface area contributed by atoms with Crippen LogP contribution in [0.25, 0.3) is 42.4 Å². The van der Waals surface area contributed by atoms with Gasteiger partial charge in [0, 0.05) is 84.1 Å². The molecule has 514 valence electrons. The number of piperidine rings is 3. The van der Waals surface area contributed by atoms with Gasteiger partial charge < -0.3 is 40.5 Å². The van der Waals surface area contributed by atoms with E-state index in [0.717, 1.165) is 93.6 Å². The quantitative estimate of drug-likeness (QED) is 0.0999. The van der Waals surface area contributed by atoms with Crippen LogP contribution in [0.3, 0.4) is 0 Å². The molecule has 12 nitrogen and oxygen atoms in total. The summed E-state index contributed by atoms with van der Waals surface area (Å²) < 4.78 is 10.9. The fourth-order valence-electron chi connectivity index (χ4n) is 14.7. The zero-order valence-electron chi connectivity index (χ0n) is 61.1. The largest absolute Gasteiger partial charge is 0.444 e. The number of hydrogen-bond donors (Lipinski definition) is 4. The van der Waals surface area contributed by atoms with Gasteiger partial charge in [0.15, 0.2) is 11.4 Å². The fourth-order valence-corrected chi connectivity index (χ4v) is 19.0. The molecule has 6 aliphatic heterocycles. The fraction of sp³-hybridized carbons (Fsp3) is 0.488. The summed E-state index contributed by atoms with van der Waals surface area (Å²) in [4.78, 5) is 35.0. The number of amides is 2. The second kappa shape index (κ2) is 32.3. The van der Waals surface area contributed by atoms with E-state index in [1.165, 1.54) is 73.2 Å². The molecule has 0 atom stereocenters. The predicted octanol–water partition coefficient (Wildman–Crippen LogP) is 21.7. The Morgan fingerprint density at radius 1 is 0.479 bits per heavy atom. The molecule has 0 aromatic heterocycles. The summed E-state index contributed by atoms with van der Waals surface area (Å²) in [5, 5.41) is 21.8. The minimum absolute atomic E-state index is 0.0778. The monoisotopic (exact) mass is 1340 g/mol. The Morgan fingerprint density at radius 3 is 1.29 bits per heavy atom. The normalized spacial score (nSPS) is 16.6. The Kier molecular flexibility index (Phi) is 25.6. The lowest BCUT2D eigenvalue weighted by Crippen LogP contribution is -2.47. The highest BCUT2D eigenvalue weighted by molar-refractivity contribution is 7.68. The molecule has 14 heteroatoms. The summed E-state index contributed by atoms with van der Waals surface area (Å²) in [5.74, 6) is 0. The minimum atomic E-state index is -0.454. The number of rotatable bonds is 2. The number of anilines is 3. The van der Waals surface area contributed by atoms with E-state index in [4.69, 9.17) is 34.2 Å². The van der Waals surface area contributed by atoms with Gasteiger partial charge in [0.1, 0.15) is 11.2 Å². The van der Waals surface area contributed by atoms with Gasteiger partial charge in [0.05, 0.1) is 13.1 Å². The number of fused-ring (bicyclic) bond motifs is 8. The summed E-state index contributed by atoms with van der Waals surface area (Å²) in [6.07, 6.45) is 5.72. The van der Waals surface area contributed by atoms with E-state index < -0.39 is 19.1 Å². The topological polar surface area (TPSA) is 116 Å². The Labute approximate surface area is 582 Å². The summed E-state index contributed by atoms with van der Waals surface area (Å²) in [7, 11) is -0.411. The van der Waals surface area contributed by atoms with Crippen LogP contribution in [0.2, 0.25) is 5.02 Å². The molecule has 7 aromatic rings. The molecule has 6 heterocycles. The van der Waals surface area contributed by atoms with E-state index in [1.807, 2.05) is 129 Å². The third-order valence-corrected chi connectivity index (χ3v) is 22.4. The van der Waals surface area contributed by atoms with E-state index in [0.29, 0.717) is 24.2 Å². The van der Waals surface area contributed by atoms with Crippen molar-refractivity contribution in [3.63, 3.8) is 0 Å². The SMILES string of the molecule is CC.CC.CC.CC(C)(C)OC(=O)N1CCC2(CC1)CNc1cc(Cl)ccc12.CC(C)(C)P(c1ccc2ccccc2c1-c1cccc2ccccc12)C(C)(C)C.[C-]#[N+]c1ccc2c(c1)NCC21CCN(C(=O)OC(C)(C)C)CC1.[C-]#[N+]c1ccc2c(c1)NCC21CCNCC1. The average Bonchev–Trinajstić information content (AvgIpc) is 0.805. The van der Waals surface area contributed by atoms with Gasteiger partial charge in [0.25, 0.3) is 0 Å². The Bertz CT molecular complexity index is 3840. The van der Waals surface area contributed by atoms with Crippen molar-refractivity contribution < 1.29 is 19.1 Å². The highest BCUT2D eigenvalue weighted by Crippen LogP contribution is 2.60. The van der Waals surface area contributed by atoms with Crippen molar-refractivity contribution in [2.45, 2.75) is 201 Å². The number of likely N-dealkylation sites (tertiary alicyclic amines) is 2. The lowest BCUT2D eigenvalue weighted by molar-refractivity contribution is 0.0161. The van der Waals surface area contributed by atoms with Crippen molar-refractivity contribution >= 4 is 87.0 Å². The van der Waals surface area contributed by atoms with E-state index in [2.05, 4.69) is 170 Å². The Hall–Kier alpha value is -7.34. The number of nitrogens with zero attached hydrogens (tertiary/aromatic N) is 4. The van der Waals surface area contributed by atoms with Crippen LogP contribution >= 0.6 is 19.5 Å². The molecule has 0 aliphatic carbocycles. The number of ether oxygens (including phenoxy) is 2. The lowest BCUT2D eigenvalue weighted by atomic mass is 9.74. The highest BCUT2D eigenvalue weighted by atomic mass is 35.5. The maximum atomic E-state index is 12.2. The first-order chi connectivity index (χ1) is 45.6. The first-order valence-corrected chi connectivity index (χ1v) is 36.9. The zero-order chi connectivity index (χ0) is 70.4. The van der Waals surface area contributed by atoms with Crippen LogP contribution in [0.4, 0.5) is 38.0 Å². The predicted molar refractivity (Wildman–Crippen MR) is 411 cm³/mol.